The van der Waals surface area contributed by atoms with Crippen LogP contribution in [0.5, 0.6) is 0 Å². The maximum Gasteiger partial charge on any atom is 0.325 e. The van der Waals surface area contributed by atoms with Crippen LogP contribution in [0.2, 0.25) is 0 Å². The number of nitrogens with one attached hydrogen (secondary N) is 1. The van der Waals surface area contributed by atoms with Gasteiger partial charge in [-0.1, -0.05) is 91.0 Å². The lowest BCUT2D eigenvalue weighted by Crippen LogP contribution is -2.59. The zero-order chi connectivity index (χ0) is 23.3. The van der Waals surface area contributed by atoms with E-state index in [-0.39, 0.29) is 12.5 Å². The van der Waals surface area contributed by atoms with E-state index in [1.54, 1.807) is 0 Å². The van der Waals surface area contributed by atoms with Gasteiger partial charge in [-0.05, 0) is 23.7 Å². The van der Waals surface area contributed by atoms with Gasteiger partial charge in [-0.15, -0.1) is 0 Å². The van der Waals surface area contributed by atoms with Crippen LogP contribution in [0.1, 0.15) is 29.0 Å². The van der Waals surface area contributed by atoms with Crippen LogP contribution in [0.25, 0.3) is 0 Å². The predicted octanol–water partition coefficient (Wildman–Crippen LogP) is 3.66. The zero-order valence-corrected chi connectivity index (χ0v) is 18.8. The Morgan fingerprint density at radius 2 is 1.45 bits per heavy atom. The first-order chi connectivity index (χ1) is 16.1. The standard InChI is InChI=1S/C27H28N2O4/c1-29-25(22-16-10-5-11-17-22)33-24(21-14-8-4-9-15-21)27(29,18-20-12-6-3-7-13-20)26(31)28-19-23(30)32-2/h3-17,24-25H,18-19H2,1-2H3,(H,28,31)/t24-,25?,27-/m0/s1. The second-order valence-corrected chi connectivity index (χ2v) is 8.15. The fourth-order valence-corrected chi connectivity index (χ4v) is 4.49. The van der Waals surface area contributed by atoms with Crippen molar-refractivity contribution in [1.82, 2.24) is 10.2 Å². The maximum absolute atomic E-state index is 13.9. The van der Waals surface area contributed by atoms with Gasteiger partial charge >= 0.3 is 5.97 Å². The van der Waals surface area contributed by atoms with E-state index >= 15 is 0 Å². The van der Waals surface area contributed by atoms with E-state index < -0.39 is 23.8 Å². The van der Waals surface area contributed by atoms with Crippen molar-refractivity contribution < 1.29 is 19.1 Å². The van der Waals surface area contributed by atoms with Gasteiger partial charge in [-0.25, -0.2) is 0 Å². The molecule has 170 valence electrons. The lowest BCUT2D eigenvalue weighted by molar-refractivity contribution is -0.143. The van der Waals surface area contributed by atoms with Gasteiger partial charge in [-0.2, -0.15) is 0 Å². The molecule has 0 aliphatic carbocycles. The number of carbonyl (C=O) groups excluding carboxylic acids is 2. The Morgan fingerprint density at radius 3 is 2.03 bits per heavy atom. The van der Waals surface area contributed by atoms with Crippen molar-refractivity contribution in [2.24, 2.45) is 0 Å². The summed E-state index contributed by atoms with van der Waals surface area (Å²) in [6.07, 6.45) is -0.601. The predicted molar refractivity (Wildman–Crippen MR) is 125 cm³/mol. The number of benzene rings is 3. The first-order valence-corrected chi connectivity index (χ1v) is 10.9. The summed E-state index contributed by atoms with van der Waals surface area (Å²) in [5.74, 6) is -0.790. The first kappa shape index (κ1) is 22.7. The minimum atomic E-state index is -1.10. The monoisotopic (exact) mass is 444 g/mol. The SMILES string of the molecule is COC(=O)CNC(=O)[C@]1(Cc2ccccc2)[C@H](c2ccccc2)OC(c2ccccc2)N1C. The van der Waals surface area contributed by atoms with Crippen molar-refractivity contribution in [3.63, 3.8) is 0 Å². The van der Waals surface area contributed by atoms with Gasteiger partial charge in [0.1, 0.15) is 24.4 Å². The Bertz CT molecular complexity index is 1080. The van der Waals surface area contributed by atoms with Crippen LogP contribution < -0.4 is 5.32 Å². The normalized spacial score (nSPS) is 22.6. The van der Waals surface area contributed by atoms with Gasteiger partial charge in [-0.3, -0.25) is 14.5 Å². The van der Waals surface area contributed by atoms with Gasteiger partial charge in [0, 0.05) is 6.42 Å². The molecule has 0 saturated carbocycles. The highest BCUT2D eigenvalue weighted by Crippen LogP contribution is 2.50. The van der Waals surface area contributed by atoms with Crippen LogP contribution in [0.3, 0.4) is 0 Å². The number of likely N-dealkylation sites (N-methyl/N-ethyl adjacent to an activating group) is 1. The second kappa shape index (κ2) is 9.98. The fraction of sp³-hybridized carbons (Fsp3) is 0.259. The third kappa shape index (κ3) is 4.53. The largest absolute Gasteiger partial charge is 0.468 e. The minimum absolute atomic E-state index is 0.211. The summed E-state index contributed by atoms with van der Waals surface area (Å²) in [6, 6.07) is 29.5. The highest BCUT2D eigenvalue weighted by Gasteiger charge is 2.58. The molecule has 0 aromatic heterocycles. The number of carbonyl (C=O) groups is 2. The summed E-state index contributed by atoms with van der Waals surface area (Å²) in [5.41, 5.74) is 1.75. The maximum atomic E-state index is 13.9. The zero-order valence-electron chi connectivity index (χ0n) is 18.8. The van der Waals surface area contributed by atoms with Gasteiger partial charge in [0.2, 0.25) is 5.91 Å². The summed E-state index contributed by atoms with van der Waals surface area (Å²) in [5, 5.41) is 2.80. The number of nitrogens with zero attached hydrogens (tertiary/aromatic N) is 1. The van der Waals surface area contributed by atoms with Crippen molar-refractivity contribution in [1.29, 1.82) is 0 Å². The van der Waals surface area contributed by atoms with Crippen LogP contribution in [-0.4, -0.2) is 43.0 Å². The van der Waals surface area contributed by atoms with Crippen LogP contribution in [-0.2, 0) is 25.5 Å². The molecule has 1 amide bonds. The fourth-order valence-electron chi connectivity index (χ4n) is 4.49. The third-order valence-corrected chi connectivity index (χ3v) is 6.20. The summed E-state index contributed by atoms with van der Waals surface area (Å²) in [4.78, 5) is 27.7. The highest BCUT2D eigenvalue weighted by molar-refractivity contribution is 5.90. The molecule has 6 nitrogen and oxygen atoms in total. The summed E-state index contributed by atoms with van der Waals surface area (Å²) in [6.45, 7) is -0.211. The number of hydrogen-bond donors (Lipinski definition) is 1. The Labute approximate surface area is 194 Å². The molecule has 3 aromatic rings. The van der Waals surface area contributed by atoms with Crippen molar-refractivity contribution in [3.8, 4) is 0 Å². The lowest BCUT2D eigenvalue weighted by atomic mass is 9.80. The number of amides is 1. The number of ether oxygens (including phenoxy) is 2. The Hall–Kier alpha value is -3.48. The summed E-state index contributed by atoms with van der Waals surface area (Å²) in [7, 11) is 3.21. The second-order valence-electron chi connectivity index (χ2n) is 8.15. The molecule has 0 radical (unpaired) electrons. The van der Waals surface area contributed by atoms with Crippen LogP contribution in [0.15, 0.2) is 91.0 Å². The number of hydrogen-bond acceptors (Lipinski definition) is 5. The van der Waals surface area contributed by atoms with Crippen molar-refractivity contribution >= 4 is 11.9 Å². The van der Waals surface area contributed by atoms with E-state index in [0.717, 1.165) is 16.7 Å². The van der Waals surface area contributed by atoms with Crippen LogP contribution in [0, 0.1) is 0 Å². The Kier molecular flexibility index (Phi) is 6.87. The van der Waals surface area contributed by atoms with Gasteiger partial charge in [0.25, 0.3) is 0 Å². The molecule has 1 N–H and O–H groups in total. The molecule has 1 unspecified atom stereocenters. The van der Waals surface area contributed by atoms with E-state index in [1.807, 2.05) is 103 Å². The highest BCUT2D eigenvalue weighted by atomic mass is 16.5. The third-order valence-electron chi connectivity index (χ3n) is 6.20. The van der Waals surface area contributed by atoms with E-state index in [2.05, 4.69) is 5.32 Å². The van der Waals surface area contributed by atoms with Crippen molar-refractivity contribution in [3.05, 3.63) is 108 Å². The molecule has 1 aliphatic rings. The first-order valence-electron chi connectivity index (χ1n) is 10.9. The summed E-state index contributed by atoms with van der Waals surface area (Å²) >= 11 is 0. The average Bonchev–Trinajstić information content (AvgIpc) is 3.16. The smallest absolute Gasteiger partial charge is 0.325 e. The molecule has 3 aromatic carbocycles. The molecule has 33 heavy (non-hydrogen) atoms. The molecule has 1 aliphatic heterocycles. The molecule has 1 saturated heterocycles. The molecule has 3 atom stereocenters. The van der Waals surface area contributed by atoms with Gasteiger partial charge in [0.05, 0.1) is 7.11 Å². The molecular weight excluding hydrogens is 416 g/mol. The molecule has 0 spiro atoms. The Balaban J connectivity index is 1.83. The topological polar surface area (TPSA) is 67.9 Å². The molecule has 6 heteroatoms. The minimum Gasteiger partial charge on any atom is -0.468 e. The molecule has 1 fully saturated rings. The van der Waals surface area contributed by atoms with E-state index in [0.29, 0.717) is 6.42 Å². The average molecular weight is 445 g/mol. The van der Waals surface area contributed by atoms with Gasteiger partial charge < -0.3 is 14.8 Å². The molecule has 1 heterocycles. The molecule has 0 bridgehead atoms. The van der Waals surface area contributed by atoms with E-state index in [9.17, 15) is 9.59 Å². The van der Waals surface area contributed by atoms with Crippen molar-refractivity contribution in [2.45, 2.75) is 24.3 Å². The van der Waals surface area contributed by atoms with E-state index in [1.165, 1.54) is 7.11 Å². The number of methoxy groups -OCH3 is 1. The number of rotatable bonds is 7. The lowest BCUT2D eigenvalue weighted by Gasteiger charge is -2.38. The Morgan fingerprint density at radius 1 is 0.909 bits per heavy atom. The number of esters is 1. The summed E-state index contributed by atoms with van der Waals surface area (Å²) < 4.78 is 11.4. The van der Waals surface area contributed by atoms with Crippen molar-refractivity contribution in [2.75, 3.05) is 20.7 Å². The van der Waals surface area contributed by atoms with Crippen LogP contribution >= 0.6 is 0 Å². The molecule has 4 rings (SSSR count). The quantitative estimate of drug-likeness (QED) is 0.564. The van der Waals surface area contributed by atoms with Crippen LogP contribution in [0.4, 0.5) is 0 Å². The van der Waals surface area contributed by atoms with E-state index in [4.69, 9.17) is 9.47 Å². The molecular formula is C27H28N2O4. The van der Waals surface area contributed by atoms with Gasteiger partial charge in [0.15, 0.2) is 0 Å².